The van der Waals surface area contributed by atoms with Gasteiger partial charge in [-0.15, -0.1) is 0 Å². The summed E-state index contributed by atoms with van der Waals surface area (Å²) in [4.78, 5) is 13.1. The Hall–Kier alpha value is -2.88. The van der Waals surface area contributed by atoms with Crippen molar-refractivity contribution < 1.29 is 15.3 Å². The summed E-state index contributed by atoms with van der Waals surface area (Å²) in [5.41, 5.74) is 5.12. The number of aliphatic imine (C=N–C) groups is 3. The maximum atomic E-state index is 9.60. The molecule has 0 saturated heterocycles. The molecule has 0 heterocycles. The van der Waals surface area contributed by atoms with E-state index in [9.17, 15) is 15.3 Å². The molecule has 0 atom stereocenters. The van der Waals surface area contributed by atoms with Crippen LogP contribution in [0.25, 0.3) is 0 Å². The van der Waals surface area contributed by atoms with E-state index in [1.807, 2.05) is 81.1 Å². The van der Waals surface area contributed by atoms with E-state index in [1.165, 1.54) is 0 Å². The second-order valence-electron chi connectivity index (χ2n) is 8.87. The van der Waals surface area contributed by atoms with Crippen LogP contribution < -0.4 is 0 Å². The fraction of sp³-hybridized carbons (Fsp3) is 0.364. The van der Waals surface area contributed by atoms with E-state index in [4.69, 9.17) is 0 Å². The van der Waals surface area contributed by atoms with E-state index >= 15 is 0 Å². The molecule has 0 spiro atoms. The first kappa shape index (κ1) is 37.1. The van der Waals surface area contributed by atoms with Gasteiger partial charge in [0.05, 0.1) is 0 Å². The Bertz CT molecular complexity index is 1280. The SMILES string of the molecule is CC(=NCCS)c1ccccc1O.CCSCCN=C(C)c1ccccc1O.CSCCN=C(C)c1ccccc1O. The minimum absolute atomic E-state index is 0.280. The van der Waals surface area contributed by atoms with Crippen LogP contribution in [-0.4, -0.2) is 81.4 Å². The second kappa shape index (κ2) is 22.7. The number of hydrogen-bond donors (Lipinski definition) is 4. The maximum absolute atomic E-state index is 9.60. The van der Waals surface area contributed by atoms with Gasteiger partial charge in [0.1, 0.15) is 17.2 Å². The lowest BCUT2D eigenvalue weighted by molar-refractivity contribution is 0.473. The third kappa shape index (κ3) is 14.8. The molecule has 0 aliphatic heterocycles. The van der Waals surface area contributed by atoms with Crippen molar-refractivity contribution in [3.63, 3.8) is 0 Å². The highest BCUT2D eigenvalue weighted by atomic mass is 32.2. The maximum Gasteiger partial charge on any atom is 0.124 e. The number of thioether (sulfide) groups is 2. The lowest BCUT2D eigenvalue weighted by atomic mass is 10.1. The van der Waals surface area contributed by atoms with Crippen LogP contribution in [0.1, 0.15) is 44.4 Å². The third-order valence-corrected chi connectivity index (χ3v) is 7.43. The standard InChI is InChI=1S/C12H17NOS.C11H15NOS.C10H13NOS/c1-3-15-9-8-13-10(2)11-6-4-5-7-12(11)14;1-9(12-7-8-14-2)10-5-3-4-6-11(10)13;1-8(11-6-7-13)9-4-2-3-5-10(9)12/h4-7,14H,3,8-9H2,1-2H3;3-6,13H,7-8H2,1-2H3;2-5,12-13H,6-7H2,1H3. The summed E-state index contributed by atoms with van der Waals surface area (Å²) in [5.74, 6) is 4.81. The van der Waals surface area contributed by atoms with Gasteiger partial charge < -0.3 is 15.3 Å². The van der Waals surface area contributed by atoms with Gasteiger partial charge in [-0.25, -0.2) is 0 Å². The van der Waals surface area contributed by atoms with Gasteiger partial charge in [0, 0.05) is 70.7 Å². The monoisotopic (exact) mass is 627 g/mol. The molecule has 228 valence electrons. The van der Waals surface area contributed by atoms with Crippen LogP contribution in [0.4, 0.5) is 0 Å². The van der Waals surface area contributed by atoms with Crippen molar-refractivity contribution in [2.75, 3.05) is 48.9 Å². The third-order valence-electron chi connectivity index (χ3n) is 5.76. The summed E-state index contributed by atoms with van der Waals surface area (Å²) in [6.45, 7) is 10.2. The van der Waals surface area contributed by atoms with Crippen LogP contribution in [0.5, 0.6) is 17.2 Å². The number of nitrogens with zero attached hydrogens (tertiary/aromatic N) is 3. The fourth-order valence-corrected chi connectivity index (χ4v) is 4.42. The Morgan fingerprint density at radius 1 is 0.619 bits per heavy atom. The summed E-state index contributed by atoms with van der Waals surface area (Å²) < 4.78 is 0. The van der Waals surface area contributed by atoms with Crippen LogP contribution in [0, 0.1) is 0 Å². The molecule has 0 bridgehead atoms. The number of phenolic OH excluding ortho intramolecular Hbond substituents is 3. The van der Waals surface area contributed by atoms with Crippen LogP contribution in [0.15, 0.2) is 87.8 Å². The summed E-state index contributed by atoms with van der Waals surface area (Å²) in [6, 6.07) is 21.8. The number of thiol groups is 1. The first-order valence-corrected chi connectivity index (χ1v) is 17.0. The van der Waals surface area contributed by atoms with E-state index in [-0.39, 0.29) is 5.75 Å². The molecule has 0 radical (unpaired) electrons. The molecule has 3 aromatic rings. The van der Waals surface area contributed by atoms with Gasteiger partial charge in [0.2, 0.25) is 0 Å². The lowest BCUT2D eigenvalue weighted by Crippen LogP contribution is -1.98. The molecule has 0 amide bonds. The normalized spacial score (nSPS) is 11.7. The molecule has 0 saturated carbocycles. The molecule has 9 heteroatoms. The number of phenols is 3. The average Bonchev–Trinajstić information content (AvgIpc) is 2.99. The van der Waals surface area contributed by atoms with E-state index in [1.54, 1.807) is 36.0 Å². The van der Waals surface area contributed by atoms with E-state index in [0.29, 0.717) is 18.0 Å². The Balaban J connectivity index is 0.000000316. The van der Waals surface area contributed by atoms with Gasteiger partial charge >= 0.3 is 0 Å². The Kier molecular flexibility index (Phi) is 20.1. The van der Waals surface area contributed by atoms with Gasteiger partial charge in [-0.2, -0.15) is 36.2 Å². The van der Waals surface area contributed by atoms with Crippen molar-refractivity contribution in [3.8, 4) is 17.2 Å². The molecular weight excluding hydrogens is 583 g/mol. The van der Waals surface area contributed by atoms with Crippen molar-refractivity contribution in [1.29, 1.82) is 0 Å². The molecule has 0 fully saturated rings. The predicted molar refractivity (Wildman–Crippen MR) is 191 cm³/mol. The molecule has 6 nitrogen and oxygen atoms in total. The van der Waals surface area contributed by atoms with Gasteiger partial charge in [-0.3, -0.25) is 15.0 Å². The van der Waals surface area contributed by atoms with Gasteiger partial charge in [0.15, 0.2) is 0 Å². The summed E-state index contributed by atoms with van der Waals surface area (Å²) >= 11 is 7.72. The minimum atomic E-state index is 0.280. The van der Waals surface area contributed by atoms with E-state index in [0.717, 1.165) is 69.9 Å². The molecule has 0 aliphatic carbocycles. The highest BCUT2D eigenvalue weighted by molar-refractivity contribution is 7.99. The second-order valence-corrected chi connectivity index (χ2v) is 11.7. The average molecular weight is 628 g/mol. The van der Waals surface area contributed by atoms with Crippen molar-refractivity contribution in [3.05, 3.63) is 89.5 Å². The Morgan fingerprint density at radius 3 is 1.31 bits per heavy atom. The van der Waals surface area contributed by atoms with Crippen LogP contribution >= 0.6 is 36.2 Å². The van der Waals surface area contributed by atoms with E-state index < -0.39 is 0 Å². The molecule has 3 aromatic carbocycles. The smallest absolute Gasteiger partial charge is 0.124 e. The first-order chi connectivity index (χ1) is 20.3. The van der Waals surface area contributed by atoms with Gasteiger partial charge in [-0.05, 0) is 69.2 Å². The van der Waals surface area contributed by atoms with E-state index in [2.05, 4.69) is 40.8 Å². The highest BCUT2D eigenvalue weighted by Gasteiger charge is 2.03. The fourth-order valence-electron chi connectivity index (χ4n) is 3.54. The predicted octanol–water partition coefficient (Wildman–Crippen LogP) is 7.65. The minimum Gasteiger partial charge on any atom is -0.507 e. The zero-order valence-electron chi connectivity index (χ0n) is 25.3. The Labute approximate surface area is 266 Å². The summed E-state index contributed by atoms with van der Waals surface area (Å²) in [7, 11) is 0. The number of benzene rings is 3. The van der Waals surface area contributed by atoms with Crippen molar-refractivity contribution in [2.24, 2.45) is 15.0 Å². The molecule has 0 aromatic heterocycles. The molecule has 0 aliphatic rings. The number of aromatic hydroxyl groups is 3. The first-order valence-electron chi connectivity index (χ1n) is 13.8. The zero-order valence-corrected chi connectivity index (χ0v) is 27.9. The molecular formula is C33H45N3O3S3. The molecule has 3 N–H and O–H groups in total. The van der Waals surface area contributed by atoms with Crippen LogP contribution in [-0.2, 0) is 0 Å². The zero-order chi connectivity index (χ0) is 31.2. The number of rotatable bonds is 12. The molecule has 3 rings (SSSR count). The highest BCUT2D eigenvalue weighted by Crippen LogP contribution is 2.18. The topological polar surface area (TPSA) is 97.8 Å². The molecule has 0 unspecified atom stereocenters. The van der Waals surface area contributed by atoms with Crippen LogP contribution in [0.3, 0.4) is 0 Å². The van der Waals surface area contributed by atoms with Crippen molar-refractivity contribution >= 4 is 53.3 Å². The summed E-state index contributed by atoms with van der Waals surface area (Å²) in [6.07, 6.45) is 2.06. The quantitative estimate of drug-likeness (QED) is 0.0940. The summed E-state index contributed by atoms with van der Waals surface area (Å²) in [5, 5.41) is 28.6. The largest absolute Gasteiger partial charge is 0.507 e. The molecule has 42 heavy (non-hydrogen) atoms. The number of para-hydroxylation sites is 3. The van der Waals surface area contributed by atoms with Gasteiger partial charge in [0.25, 0.3) is 0 Å². The van der Waals surface area contributed by atoms with Crippen LogP contribution in [0.2, 0.25) is 0 Å². The Morgan fingerprint density at radius 2 is 0.976 bits per heavy atom. The number of hydrogen-bond acceptors (Lipinski definition) is 9. The lowest BCUT2D eigenvalue weighted by Gasteiger charge is -2.03. The van der Waals surface area contributed by atoms with Crippen molar-refractivity contribution in [2.45, 2.75) is 27.7 Å². The van der Waals surface area contributed by atoms with Gasteiger partial charge in [-0.1, -0.05) is 43.3 Å². The van der Waals surface area contributed by atoms with Crippen molar-refractivity contribution in [1.82, 2.24) is 0 Å².